The number of H-pyrrole nitrogens is 1. The number of nitrogens with one attached hydrogen (secondary N) is 2. The monoisotopic (exact) mass is 397 g/mol. The van der Waals surface area contributed by atoms with E-state index in [1.165, 1.54) is 0 Å². The minimum atomic E-state index is -0.154. The Balaban J connectivity index is 1.43. The molecule has 4 rings (SSSR count). The number of carbonyl (C=O) groups excluding carboxylic acids is 1. The molecule has 0 aliphatic heterocycles. The topological polar surface area (TPSA) is 83.6 Å². The van der Waals surface area contributed by atoms with E-state index >= 15 is 0 Å². The third kappa shape index (κ3) is 3.99. The van der Waals surface area contributed by atoms with Crippen LogP contribution in [0.25, 0.3) is 22.6 Å². The number of pyridine rings is 2. The number of imidazole rings is 1. The van der Waals surface area contributed by atoms with Crippen molar-refractivity contribution >= 4 is 40.0 Å². The molecule has 0 saturated heterocycles. The van der Waals surface area contributed by atoms with E-state index in [4.69, 9.17) is 11.6 Å². The van der Waals surface area contributed by atoms with Crippen LogP contribution >= 0.6 is 22.9 Å². The molecule has 2 N–H and O–H groups in total. The summed E-state index contributed by atoms with van der Waals surface area (Å²) in [6, 6.07) is 7.44. The van der Waals surface area contributed by atoms with Gasteiger partial charge in [-0.15, -0.1) is 0 Å². The lowest BCUT2D eigenvalue weighted by atomic mass is 10.1. The highest BCUT2D eigenvalue weighted by atomic mass is 35.5. The first-order valence-corrected chi connectivity index (χ1v) is 9.79. The predicted octanol–water partition coefficient (Wildman–Crippen LogP) is 4.10. The molecule has 6 nitrogen and oxygen atoms in total. The number of halogens is 1. The van der Waals surface area contributed by atoms with Crippen molar-refractivity contribution in [3.8, 4) is 11.4 Å². The maximum atomic E-state index is 12.6. The summed E-state index contributed by atoms with van der Waals surface area (Å²) in [6.07, 6.45) is 4.93. The normalized spacial score (nSPS) is 11.0. The van der Waals surface area contributed by atoms with E-state index in [2.05, 4.69) is 25.3 Å². The van der Waals surface area contributed by atoms with Gasteiger partial charge < -0.3 is 10.3 Å². The summed E-state index contributed by atoms with van der Waals surface area (Å²) in [5, 5.41) is 7.42. The Morgan fingerprint density at radius 1 is 1.22 bits per heavy atom. The standard InChI is InChI=1S/C19H16ClN5OS/c20-15-10-12(3-7-21-15)2-1-6-23-19(26)14-4-8-22-18-16(14)24-17(25-18)13-5-9-27-11-13/h3-5,7-11H,1-2,6H2,(H,23,26)(H,22,24,25). The number of hydrogen-bond donors (Lipinski definition) is 2. The van der Waals surface area contributed by atoms with Gasteiger partial charge in [-0.05, 0) is 48.1 Å². The van der Waals surface area contributed by atoms with Crippen molar-refractivity contribution in [2.24, 2.45) is 0 Å². The van der Waals surface area contributed by atoms with Gasteiger partial charge in [-0.1, -0.05) is 11.6 Å². The molecule has 0 fully saturated rings. The summed E-state index contributed by atoms with van der Waals surface area (Å²) in [5.74, 6) is 0.562. The molecule has 0 aliphatic rings. The van der Waals surface area contributed by atoms with Crippen LogP contribution in [0.1, 0.15) is 22.3 Å². The predicted molar refractivity (Wildman–Crippen MR) is 107 cm³/mol. The second kappa shape index (κ2) is 7.85. The Morgan fingerprint density at radius 3 is 2.93 bits per heavy atom. The van der Waals surface area contributed by atoms with Gasteiger partial charge in [0.25, 0.3) is 5.91 Å². The molecule has 0 spiro atoms. The van der Waals surface area contributed by atoms with Crippen LogP contribution < -0.4 is 5.32 Å². The maximum Gasteiger partial charge on any atom is 0.253 e. The number of aryl methyl sites for hydroxylation is 1. The number of amides is 1. The lowest BCUT2D eigenvalue weighted by Crippen LogP contribution is -2.25. The van der Waals surface area contributed by atoms with E-state index < -0.39 is 0 Å². The van der Waals surface area contributed by atoms with Crippen LogP contribution in [0, 0.1) is 0 Å². The second-order valence-corrected chi connectivity index (χ2v) is 7.17. The highest BCUT2D eigenvalue weighted by molar-refractivity contribution is 7.08. The van der Waals surface area contributed by atoms with Gasteiger partial charge in [0.15, 0.2) is 5.65 Å². The molecule has 8 heteroatoms. The van der Waals surface area contributed by atoms with Crippen LogP contribution in [0.3, 0.4) is 0 Å². The first-order chi connectivity index (χ1) is 13.2. The van der Waals surface area contributed by atoms with Gasteiger partial charge in [0.2, 0.25) is 0 Å². The molecule has 0 atom stereocenters. The molecule has 4 heterocycles. The van der Waals surface area contributed by atoms with Crippen molar-refractivity contribution < 1.29 is 4.79 Å². The number of aromatic amines is 1. The zero-order valence-electron chi connectivity index (χ0n) is 14.3. The summed E-state index contributed by atoms with van der Waals surface area (Å²) >= 11 is 7.48. The largest absolute Gasteiger partial charge is 0.352 e. The van der Waals surface area contributed by atoms with Crippen LogP contribution in [-0.4, -0.2) is 32.4 Å². The zero-order valence-corrected chi connectivity index (χ0v) is 15.8. The van der Waals surface area contributed by atoms with Crippen LogP contribution in [0.5, 0.6) is 0 Å². The first-order valence-electron chi connectivity index (χ1n) is 8.46. The van der Waals surface area contributed by atoms with Crippen molar-refractivity contribution in [1.29, 1.82) is 0 Å². The molecular formula is C19H16ClN5OS. The van der Waals surface area contributed by atoms with Gasteiger partial charge in [-0.3, -0.25) is 4.79 Å². The third-order valence-corrected chi connectivity index (χ3v) is 5.03. The van der Waals surface area contributed by atoms with E-state index in [0.717, 1.165) is 24.0 Å². The fraction of sp³-hybridized carbons (Fsp3) is 0.158. The van der Waals surface area contributed by atoms with Gasteiger partial charge in [0.05, 0.1) is 5.56 Å². The van der Waals surface area contributed by atoms with Crippen molar-refractivity contribution in [2.45, 2.75) is 12.8 Å². The number of hydrogen-bond acceptors (Lipinski definition) is 5. The molecule has 0 radical (unpaired) electrons. The Hall–Kier alpha value is -2.77. The second-order valence-electron chi connectivity index (χ2n) is 6.00. The quantitative estimate of drug-likeness (QED) is 0.379. The van der Waals surface area contributed by atoms with Crippen LogP contribution in [0.2, 0.25) is 5.15 Å². The Kier molecular flexibility index (Phi) is 5.13. The van der Waals surface area contributed by atoms with Crippen molar-refractivity contribution in [3.63, 3.8) is 0 Å². The molecule has 4 aromatic rings. The van der Waals surface area contributed by atoms with Gasteiger partial charge in [0.1, 0.15) is 16.5 Å². The lowest BCUT2D eigenvalue weighted by molar-refractivity contribution is 0.0954. The summed E-state index contributed by atoms with van der Waals surface area (Å²) in [6.45, 7) is 0.560. The summed E-state index contributed by atoms with van der Waals surface area (Å²) in [5.41, 5.74) is 3.79. The minimum absolute atomic E-state index is 0.154. The van der Waals surface area contributed by atoms with Gasteiger partial charge >= 0.3 is 0 Å². The number of nitrogens with zero attached hydrogens (tertiary/aromatic N) is 3. The Morgan fingerprint density at radius 2 is 2.11 bits per heavy atom. The van der Waals surface area contributed by atoms with E-state index in [-0.39, 0.29) is 5.91 Å². The molecule has 136 valence electrons. The van der Waals surface area contributed by atoms with Gasteiger partial charge in [-0.25, -0.2) is 15.0 Å². The first kappa shape index (κ1) is 17.6. The van der Waals surface area contributed by atoms with E-state index in [9.17, 15) is 4.79 Å². The third-order valence-electron chi connectivity index (χ3n) is 4.14. The number of thiophene rings is 1. The van der Waals surface area contributed by atoms with Crippen molar-refractivity contribution in [3.05, 3.63) is 63.7 Å². The van der Waals surface area contributed by atoms with Gasteiger partial charge in [-0.2, -0.15) is 11.3 Å². The molecule has 0 aromatic carbocycles. The molecule has 4 aromatic heterocycles. The molecule has 27 heavy (non-hydrogen) atoms. The van der Waals surface area contributed by atoms with E-state index in [1.54, 1.807) is 29.8 Å². The average Bonchev–Trinajstić information content (AvgIpc) is 3.33. The molecular weight excluding hydrogens is 382 g/mol. The van der Waals surface area contributed by atoms with E-state index in [0.29, 0.717) is 34.2 Å². The fourth-order valence-corrected chi connectivity index (χ4v) is 3.65. The molecule has 1 amide bonds. The molecule has 0 saturated carbocycles. The SMILES string of the molecule is O=C(NCCCc1ccnc(Cl)c1)c1ccnc2[nH]c(-c3ccsc3)nc12. The van der Waals surface area contributed by atoms with Crippen molar-refractivity contribution in [2.75, 3.05) is 6.54 Å². The Bertz CT molecular complexity index is 1080. The van der Waals surface area contributed by atoms with E-state index in [1.807, 2.05) is 29.0 Å². The fourth-order valence-electron chi connectivity index (χ4n) is 2.82. The minimum Gasteiger partial charge on any atom is -0.352 e. The van der Waals surface area contributed by atoms with Gasteiger partial charge in [0, 0.05) is 29.9 Å². The average molecular weight is 398 g/mol. The number of fused-ring (bicyclic) bond motifs is 1. The summed E-state index contributed by atoms with van der Waals surface area (Å²) in [7, 11) is 0. The molecule has 0 unspecified atom stereocenters. The van der Waals surface area contributed by atoms with Crippen LogP contribution in [0.4, 0.5) is 0 Å². The smallest absolute Gasteiger partial charge is 0.253 e. The number of carbonyl (C=O) groups is 1. The zero-order chi connectivity index (χ0) is 18.6. The highest BCUT2D eigenvalue weighted by Crippen LogP contribution is 2.23. The van der Waals surface area contributed by atoms with Crippen LogP contribution in [-0.2, 0) is 6.42 Å². The number of aromatic nitrogens is 4. The highest BCUT2D eigenvalue weighted by Gasteiger charge is 2.15. The Labute approximate surface area is 164 Å². The number of rotatable bonds is 6. The summed E-state index contributed by atoms with van der Waals surface area (Å²) < 4.78 is 0. The van der Waals surface area contributed by atoms with Crippen molar-refractivity contribution in [1.82, 2.24) is 25.3 Å². The summed E-state index contributed by atoms with van der Waals surface area (Å²) in [4.78, 5) is 28.6. The molecule has 0 bridgehead atoms. The maximum absolute atomic E-state index is 12.6. The molecule has 0 aliphatic carbocycles. The van der Waals surface area contributed by atoms with Crippen LogP contribution in [0.15, 0.2) is 47.4 Å². The lowest BCUT2D eigenvalue weighted by Gasteiger charge is -2.06.